The van der Waals surface area contributed by atoms with E-state index in [-0.39, 0.29) is 24.0 Å². The molecule has 2 unspecified atom stereocenters. The maximum absolute atomic E-state index is 12.7. The molecule has 0 radical (unpaired) electrons. The summed E-state index contributed by atoms with van der Waals surface area (Å²) < 4.78 is 29.3. The number of nitriles is 1. The Kier molecular flexibility index (Phi) is 4.98. The summed E-state index contributed by atoms with van der Waals surface area (Å²) >= 11 is 0. The molecule has 8 nitrogen and oxygen atoms in total. The van der Waals surface area contributed by atoms with E-state index in [1.807, 2.05) is 0 Å². The second kappa shape index (κ2) is 6.94. The number of likely N-dealkylation sites (tertiary alicyclic amines) is 1. The van der Waals surface area contributed by atoms with Gasteiger partial charge in [0.25, 0.3) is 10.2 Å². The molecule has 0 spiro atoms. The fraction of sp³-hybridized carbons (Fsp3) is 0.895. The highest BCUT2D eigenvalue weighted by Gasteiger charge is 2.58. The molecule has 0 aromatic rings. The molecule has 1 heterocycles. The van der Waals surface area contributed by atoms with Crippen molar-refractivity contribution >= 4 is 16.1 Å². The van der Waals surface area contributed by atoms with Gasteiger partial charge >= 0.3 is 0 Å². The normalized spacial score (nSPS) is 39.5. The fourth-order valence-corrected chi connectivity index (χ4v) is 7.49. The smallest absolute Gasteiger partial charge is 0.279 e. The lowest BCUT2D eigenvalue weighted by molar-refractivity contribution is -0.131. The monoisotopic (exact) mass is 409 g/mol. The van der Waals surface area contributed by atoms with Crippen LogP contribution in [-0.2, 0) is 15.0 Å². The van der Waals surface area contributed by atoms with Gasteiger partial charge in [-0.3, -0.25) is 4.79 Å². The summed E-state index contributed by atoms with van der Waals surface area (Å²) in [5.41, 5.74) is -0.595. The van der Waals surface area contributed by atoms with Gasteiger partial charge in [0.1, 0.15) is 6.04 Å². The highest BCUT2D eigenvalue weighted by molar-refractivity contribution is 7.87. The molecule has 5 rings (SSSR count). The van der Waals surface area contributed by atoms with Gasteiger partial charge in [-0.15, -0.1) is 0 Å². The predicted octanol–water partition coefficient (Wildman–Crippen LogP) is 0.578. The molecular formula is C19H31N5O3S. The van der Waals surface area contributed by atoms with Crippen molar-refractivity contribution in [3.8, 4) is 6.07 Å². The van der Waals surface area contributed by atoms with E-state index < -0.39 is 15.7 Å². The average molecular weight is 410 g/mol. The van der Waals surface area contributed by atoms with Crippen LogP contribution >= 0.6 is 0 Å². The maximum Gasteiger partial charge on any atom is 0.279 e. The van der Waals surface area contributed by atoms with Crippen molar-refractivity contribution in [2.75, 3.05) is 27.2 Å². The molecule has 1 aliphatic heterocycles. The molecule has 4 saturated carbocycles. The van der Waals surface area contributed by atoms with Gasteiger partial charge in [-0.25, -0.2) is 0 Å². The van der Waals surface area contributed by atoms with Crippen LogP contribution in [0.25, 0.3) is 0 Å². The van der Waals surface area contributed by atoms with Crippen LogP contribution in [0, 0.1) is 23.2 Å². The number of nitrogens with one attached hydrogen (secondary N) is 2. The van der Waals surface area contributed by atoms with Gasteiger partial charge in [0.05, 0.1) is 12.6 Å². The Hall–Kier alpha value is -1.21. The topological polar surface area (TPSA) is 106 Å². The number of carbonyl (C=O) groups excluding carboxylic acids is 1. The molecule has 0 aromatic carbocycles. The third-order valence-electron chi connectivity index (χ3n) is 7.22. The molecule has 156 valence electrons. The van der Waals surface area contributed by atoms with Crippen molar-refractivity contribution in [2.24, 2.45) is 11.8 Å². The van der Waals surface area contributed by atoms with Crippen LogP contribution in [0.4, 0.5) is 0 Å². The second-order valence-corrected chi connectivity index (χ2v) is 11.5. The van der Waals surface area contributed by atoms with Crippen LogP contribution in [0.1, 0.15) is 51.4 Å². The van der Waals surface area contributed by atoms with Gasteiger partial charge in [0.2, 0.25) is 5.91 Å². The third kappa shape index (κ3) is 3.56. The van der Waals surface area contributed by atoms with Gasteiger partial charge in [-0.1, -0.05) is 0 Å². The van der Waals surface area contributed by atoms with E-state index in [1.54, 1.807) is 19.0 Å². The summed E-state index contributed by atoms with van der Waals surface area (Å²) in [5.74, 6) is 0.974. The van der Waals surface area contributed by atoms with Crippen molar-refractivity contribution in [1.82, 2.24) is 19.2 Å². The van der Waals surface area contributed by atoms with Crippen LogP contribution < -0.4 is 10.0 Å². The Morgan fingerprint density at radius 2 is 1.86 bits per heavy atom. The minimum atomic E-state index is -3.50. The zero-order valence-electron chi connectivity index (χ0n) is 16.8. The minimum Gasteiger partial charge on any atom is -0.326 e. The van der Waals surface area contributed by atoms with E-state index >= 15 is 0 Å². The number of rotatable bonds is 6. The van der Waals surface area contributed by atoms with Gasteiger partial charge in [-0.05, 0) is 63.2 Å². The van der Waals surface area contributed by atoms with Crippen molar-refractivity contribution in [2.45, 2.75) is 68.5 Å². The molecule has 9 heteroatoms. The highest BCUT2D eigenvalue weighted by Crippen LogP contribution is 2.57. The number of nitrogens with zero attached hydrogens (tertiary/aromatic N) is 3. The lowest BCUT2D eigenvalue weighted by Crippen LogP contribution is -2.70. The van der Waals surface area contributed by atoms with E-state index in [2.05, 4.69) is 16.1 Å². The number of hydrogen-bond donors (Lipinski definition) is 2. The highest BCUT2D eigenvalue weighted by atomic mass is 32.2. The van der Waals surface area contributed by atoms with E-state index in [0.29, 0.717) is 18.4 Å². The first-order chi connectivity index (χ1) is 13.2. The standard InChI is InChI=1S/C19H31N5O3S/c1-23(2)28(26,27)22-19-9-14-6-15(10-19)8-18(7-14,13-19)21-12-17(25)24-5-3-4-16(24)11-20/h14-16,21-22H,3-10,12-13H2,1-2H3/t14?,15?,16-,18?,19?/m0/s1. The summed E-state index contributed by atoms with van der Waals surface area (Å²) in [6.45, 7) is 0.887. The lowest BCUT2D eigenvalue weighted by Gasteiger charge is -2.62. The van der Waals surface area contributed by atoms with Crippen LogP contribution in [0.2, 0.25) is 0 Å². The second-order valence-electron chi connectivity index (χ2n) is 9.64. The van der Waals surface area contributed by atoms with Crippen LogP contribution in [-0.4, -0.2) is 67.8 Å². The molecule has 0 aromatic heterocycles. The predicted molar refractivity (Wildman–Crippen MR) is 104 cm³/mol. The Bertz CT molecular complexity index is 776. The Morgan fingerprint density at radius 3 is 2.46 bits per heavy atom. The number of carbonyl (C=O) groups is 1. The zero-order chi connectivity index (χ0) is 20.2. The first-order valence-electron chi connectivity index (χ1n) is 10.3. The van der Waals surface area contributed by atoms with Crippen molar-refractivity contribution in [1.29, 1.82) is 5.26 Å². The molecule has 5 aliphatic rings. The minimum absolute atomic E-state index is 0.0114. The molecule has 3 atom stereocenters. The van der Waals surface area contributed by atoms with E-state index in [4.69, 9.17) is 0 Å². The van der Waals surface area contributed by atoms with E-state index in [1.165, 1.54) is 4.31 Å². The molecule has 4 aliphatic carbocycles. The van der Waals surface area contributed by atoms with Gasteiger partial charge in [0, 0.05) is 31.7 Å². The average Bonchev–Trinajstić information content (AvgIpc) is 3.06. The molecular weight excluding hydrogens is 378 g/mol. The molecule has 1 amide bonds. The summed E-state index contributed by atoms with van der Waals surface area (Å²) in [5, 5.41) is 12.8. The van der Waals surface area contributed by atoms with Crippen LogP contribution in [0.3, 0.4) is 0 Å². The van der Waals surface area contributed by atoms with Gasteiger partial charge in [0.15, 0.2) is 0 Å². The largest absolute Gasteiger partial charge is 0.326 e. The summed E-state index contributed by atoms with van der Waals surface area (Å²) in [6.07, 6.45) is 7.31. The number of amides is 1. The molecule has 2 N–H and O–H groups in total. The fourth-order valence-electron chi connectivity index (χ4n) is 6.52. The summed E-state index contributed by atoms with van der Waals surface area (Å²) in [7, 11) is -0.393. The molecule has 28 heavy (non-hydrogen) atoms. The van der Waals surface area contributed by atoms with E-state index in [9.17, 15) is 18.5 Å². The Morgan fingerprint density at radius 1 is 1.21 bits per heavy atom. The number of hydrogen-bond acceptors (Lipinski definition) is 5. The van der Waals surface area contributed by atoms with Crippen molar-refractivity contribution in [3.63, 3.8) is 0 Å². The molecule has 4 bridgehead atoms. The first-order valence-corrected chi connectivity index (χ1v) is 11.8. The van der Waals surface area contributed by atoms with E-state index in [0.717, 1.165) is 51.4 Å². The van der Waals surface area contributed by atoms with Crippen molar-refractivity contribution < 1.29 is 13.2 Å². The summed E-state index contributed by atoms with van der Waals surface area (Å²) in [4.78, 5) is 14.4. The SMILES string of the molecule is CN(C)S(=O)(=O)NC12CC3CC(CC(NCC(=O)N4CCC[C@H]4C#N)(C3)C1)C2. The Balaban J connectivity index is 1.47. The Labute approximate surface area is 167 Å². The summed E-state index contributed by atoms with van der Waals surface area (Å²) in [6, 6.07) is 1.93. The molecule has 1 saturated heterocycles. The first kappa shape index (κ1) is 20.1. The lowest BCUT2D eigenvalue weighted by atomic mass is 9.50. The van der Waals surface area contributed by atoms with Crippen molar-refractivity contribution in [3.05, 3.63) is 0 Å². The zero-order valence-corrected chi connectivity index (χ0v) is 17.6. The van der Waals surface area contributed by atoms with Crippen LogP contribution in [0.5, 0.6) is 0 Å². The molecule has 5 fully saturated rings. The maximum atomic E-state index is 12.7. The quantitative estimate of drug-likeness (QED) is 0.668. The van der Waals surface area contributed by atoms with Gasteiger partial charge < -0.3 is 10.2 Å². The van der Waals surface area contributed by atoms with Crippen LogP contribution in [0.15, 0.2) is 0 Å². The third-order valence-corrected chi connectivity index (χ3v) is 8.88. The van der Waals surface area contributed by atoms with Gasteiger partial charge in [-0.2, -0.15) is 22.7 Å².